The van der Waals surface area contributed by atoms with E-state index in [1.54, 1.807) is 4.90 Å². The fourth-order valence-corrected chi connectivity index (χ4v) is 5.11. The number of nitrogens with zero attached hydrogens (tertiary/aromatic N) is 3. The van der Waals surface area contributed by atoms with E-state index in [9.17, 15) is 13.2 Å². The summed E-state index contributed by atoms with van der Waals surface area (Å²) in [5.74, 6) is 0. The molecular weight excluding hydrogens is 431 g/mol. The highest BCUT2D eigenvalue weighted by Gasteiger charge is 2.30. The lowest BCUT2D eigenvalue weighted by Crippen LogP contribution is -2.52. The zero-order valence-corrected chi connectivity index (χ0v) is 17.6. The number of benzene rings is 1. The summed E-state index contributed by atoms with van der Waals surface area (Å²) in [4.78, 5) is 18.3. The average molecular weight is 449 g/mol. The Hall–Kier alpha value is -1.39. The first-order valence-corrected chi connectivity index (χ1v) is 11.2. The van der Waals surface area contributed by atoms with Crippen molar-refractivity contribution < 1.29 is 13.2 Å². The highest BCUT2D eigenvalue weighted by molar-refractivity contribution is 7.89. The normalized spacial score (nSPS) is 15.7. The van der Waals surface area contributed by atoms with E-state index in [1.165, 1.54) is 33.8 Å². The van der Waals surface area contributed by atoms with Gasteiger partial charge in [-0.25, -0.2) is 18.2 Å². The molecule has 7 nitrogen and oxygen atoms in total. The topological polar surface area (TPSA) is 82.6 Å². The number of aromatic nitrogens is 1. The SMILES string of the molecule is Cc1nc(CNC(=O)N2CCN(S(=O)(=O)c3ccc(Cl)c(Cl)c3)CC2)cs1. The van der Waals surface area contributed by atoms with Crippen molar-refractivity contribution in [3.63, 3.8) is 0 Å². The molecule has 0 spiro atoms. The fraction of sp³-hybridized carbons (Fsp3) is 0.375. The highest BCUT2D eigenvalue weighted by Crippen LogP contribution is 2.27. The van der Waals surface area contributed by atoms with Crippen LogP contribution in [0.3, 0.4) is 0 Å². The molecule has 0 unspecified atom stereocenters. The summed E-state index contributed by atoms with van der Waals surface area (Å²) in [6, 6.07) is 4.00. The number of aryl methyl sites for hydroxylation is 1. The van der Waals surface area contributed by atoms with Gasteiger partial charge >= 0.3 is 6.03 Å². The third-order valence-corrected chi connectivity index (χ3v) is 7.60. The molecule has 0 atom stereocenters. The van der Waals surface area contributed by atoms with Gasteiger partial charge in [0.1, 0.15) is 0 Å². The summed E-state index contributed by atoms with van der Waals surface area (Å²) in [6.45, 7) is 3.30. The maximum atomic E-state index is 12.7. The maximum absolute atomic E-state index is 12.7. The molecule has 1 fully saturated rings. The minimum Gasteiger partial charge on any atom is -0.332 e. The van der Waals surface area contributed by atoms with Crippen LogP contribution in [-0.2, 0) is 16.6 Å². The van der Waals surface area contributed by atoms with Crippen LogP contribution < -0.4 is 5.32 Å². The minimum atomic E-state index is -3.68. The van der Waals surface area contributed by atoms with E-state index < -0.39 is 10.0 Å². The monoisotopic (exact) mass is 448 g/mol. The number of halogens is 2. The van der Waals surface area contributed by atoms with Crippen LogP contribution in [0.25, 0.3) is 0 Å². The number of carbonyl (C=O) groups excluding carboxylic acids is 1. The molecule has 0 aliphatic carbocycles. The van der Waals surface area contributed by atoms with Crippen molar-refractivity contribution in [3.8, 4) is 0 Å². The van der Waals surface area contributed by atoms with E-state index in [0.29, 0.717) is 24.7 Å². The van der Waals surface area contributed by atoms with Gasteiger partial charge in [0.25, 0.3) is 0 Å². The molecule has 1 N–H and O–H groups in total. The predicted molar refractivity (Wildman–Crippen MR) is 106 cm³/mol. The van der Waals surface area contributed by atoms with Gasteiger partial charge in [0.2, 0.25) is 10.0 Å². The molecule has 1 aromatic heterocycles. The second-order valence-electron chi connectivity index (χ2n) is 5.98. The van der Waals surface area contributed by atoms with Crippen molar-refractivity contribution in [1.29, 1.82) is 0 Å². The van der Waals surface area contributed by atoms with Gasteiger partial charge in [-0.1, -0.05) is 23.2 Å². The van der Waals surface area contributed by atoms with Crippen LogP contribution in [0.4, 0.5) is 4.79 Å². The van der Waals surface area contributed by atoms with E-state index in [2.05, 4.69) is 10.3 Å². The Labute approximate surface area is 171 Å². The van der Waals surface area contributed by atoms with Gasteiger partial charge in [-0.05, 0) is 25.1 Å². The Kier molecular flexibility index (Phi) is 6.27. The van der Waals surface area contributed by atoms with Crippen LogP contribution >= 0.6 is 34.5 Å². The van der Waals surface area contributed by atoms with Gasteiger partial charge in [-0.15, -0.1) is 11.3 Å². The van der Waals surface area contributed by atoms with E-state index in [4.69, 9.17) is 23.2 Å². The molecular formula is C16H18Cl2N4O3S2. The van der Waals surface area contributed by atoms with Crippen LogP contribution in [0.5, 0.6) is 0 Å². The largest absolute Gasteiger partial charge is 0.332 e. The van der Waals surface area contributed by atoms with Crippen molar-refractivity contribution in [2.75, 3.05) is 26.2 Å². The van der Waals surface area contributed by atoms with E-state index >= 15 is 0 Å². The molecule has 2 heterocycles. The van der Waals surface area contributed by atoms with Crippen LogP contribution in [0.2, 0.25) is 10.0 Å². The standard InChI is InChI=1S/C16H18Cl2N4O3S2/c1-11-20-12(10-26-11)9-19-16(23)21-4-6-22(7-5-21)27(24,25)13-2-3-14(17)15(18)8-13/h2-3,8,10H,4-7,9H2,1H3,(H,19,23). The summed E-state index contributed by atoms with van der Waals surface area (Å²) >= 11 is 13.3. The molecule has 1 aliphatic heterocycles. The molecule has 1 aliphatic rings. The summed E-state index contributed by atoms with van der Waals surface area (Å²) in [5, 5.41) is 6.14. The van der Waals surface area contributed by atoms with Gasteiger partial charge in [0.05, 0.1) is 32.2 Å². The first-order valence-electron chi connectivity index (χ1n) is 8.16. The molecule has 3 rings (SSSR count). The zero-order chi connectivity index (χ0) is 19.6. The highest BCUT2D eigenvalue weighted by atomic mass is 35.5. The molecule has 0 saturated carbocycles. The number of hydrogen-bond acceptors (Lipinski definition) is 5. The Bertz CT molecular complexity index is 941. The third kappa shape index (κ3) is 4.72. The van der Waals surface area contributed by atoms with Crippen molar-refractivity contribution in [3.05, 3.63) is 44.3 Å². The van der Waals surface area contributed by atoms with Crippen molar-refractivity contribution in [1.82, 2.24) is 19.5 Å². The number of urea groups is 1. The molecule has 1 aromatic carbocycles. The Morgan fingerprint density at radius 1 is 1.22 bits per heavy atom. The summed E-state index contributed by atoms with van der Waals surface area (Å²) in [5.41, 5.74) is 0.812. The van der Waals surface area contributed by atoms with Crippen molar-refractivity contribution in [2.45, 2.75) is 18.4 Å². The van der Waals surface area contributed by atoms with Crippen LogP contribution in [0, 0.1) is 6.92 Å². The van der Waals surface area contributed by atoms with Gasteiger partial charge in [-0.2, -0.15) is 4.31 Å². The lowest BCUT2D eigenvalue weighted by atomic mass is 10.4. The number of hydrogen-bond donors (Lipinski definition) is 1. The molecule has 11 heteroatoms. The van der Waals surface area contributed by atoms with Crippen molar-refractivity contribution >= 4 is 50.6 Å². The molecule has 146 valence electrons. The summed E-state index contributed by atoms with van der Waals surface area (Å²) in [6.07, 6.45) is 0. The Morgan fingerprint density at radius 3 is 2.52 bits per heavy atom. The summed E-state index contributed by atoms with van der Waals surface area (Å²) < 4.78 is 26.8. The Morgan fingerprint density at radius 2 is 1.93 bits per heavy atom. The number of rotatable bonds is 4. The number of thiazole rings is 1. The van der Waals surface area contributed by atoms with Gasteiger partial charge in [0.15, 0.2) is 0 Å². The third-order valence-electron chi connectivity index (χ3n) is 4.14. The van der Waals surface area contributed by atoms with Crippen LogP contribution in [-0.4, -0.2) is 54.8 Å². The Balaban J connectivity index is 1.57. The average Bonchev–Trinajstić information content (AvgIpc) is 3.07. The fourth-order valence-electron chi connectivity index (χ4n) is 2.69. The number of sulfonamides is 1. The number of piperazine rings is 1. The van der Waals surface area contributed by atoms with Gasteiger partial charge in [-0.3, -0.25) is 0 Å². The molecule has 1 saturated heterocycles. The maximum Gasteiger partial charge on any atom is 0.317 e. The number of amides is 2. The number of carbonyl (C=O) groups is 1. The molecule has 27 heavy (non-hydrogen) atoms. The molecule has 0 radical (unpaired) electrons. The summed E-state index contributed by atoms with van der Waals surface area (Å²) in [7, 11) is -3.68. The zero-order valence-electron chi connectivity index (χ0n) is 14.5. The van der Waals surface area contributed by atoms with Gasteiger partial charge < -0.3 is 10.2 Å². The van der Waals surface area contributed by atoms with E-state index in [-0.39, 0.29) is 29.0 Å². The smallest absolute Gasteiger partial charge is 0.317 e. The van der Waals surface area contributed by atoms with Crippen molar-refractivity contribution in [2.24, 2.45) is 0 Å². The minimum absolute atomic E-state index is 0.0914. The second-order valence-corrected chi connectivity index (χ2v) is 9.80. The first kappa shape index (κ1) is 20.3. The predicted octanol–water partition coefficient (Wildman–Crippen LogP) is 2.97. The lowest BCUT2D eigenvalue weighted by Gasteiger charge is -2.34. The van der Waals surface area contributed by atoms with E-state index in [1.807, 2.05) is 12.3 Å². The molecule has 0 bridgehead atoms. The lowest BCUT2D eigenvalue weighted by molar-refractivity contribution is 0.172. The van der Waals surface area contributed by atoms with Crippen LogP contribution in [0.15, 0.2) is 28.5 Å². The molecule has 2 amide bonds. The first-order chi connectivity index (χ1) is 12.8. The quantitative estimate of drug-likeness (QED) is 0.778. The second kappa shape index (κ2) is 8.32. The molecule has 2 aromatic rings. The van der Waals surface area contributed by atoms with Gasteiger partial charge in [0, 0.05) is 31.6 Å². The van der Waals surface area contributed by atoms with E-state index in [0.717, 1.165) is 10.7 Å². The van der Waals surface area contributed by atoms with Crippen LogP contribution in [0.1, 0.15) is 10.7 Å². The number of nitrogens with one attached hydrogen (secondary N) is 1.